The fourth-order valence-electron chi connectivity index (χ4n) is 3.26. The molecule has 0 saturated heterocycles. The summed E-state index contributed by atoms with van der Waals surface area (Å²) in [5.41, 5.74) is 0.761. The van der Waals surface area contributed by atoms with Crippen molar-refractivity contribution in [2.45, 2.75) is 34.2 Å². The molecule has 0 unspecified atom stereocenters. The van der Waals surface area contributed by atoms with E-state index < -0.39 is 17.4 Å². The SMILES string of the molecule is [C-]#[N+]c1c(C)c(C=CC=CC=C2C(=O)N(CC)C(=O)C(C#N)=C2C)c(=O)n(CC)c1O. The molecule has 8 heteroatoms. The molecule has 0 bridgehead atoms. The third-order valence-electron chi connectivity index (χ3n) is 5.02. The highest BCUT2D eigenvalue weighted by Gasteiger charge is 2.33. The number of allylic oxidation sites excluding steroid dienone is 4. The van der Waals surface area contributed by atoms with Crippen molar-refractivity contribution in [1.29, 1.82) is 5.26 Å². The summed E-state index contributed by atoms with van der Waals surface area (Å²) in [6.07, 6.45) is 7.77. The molecule has 0 fully saturated rings. The first-order valence-corrected chi connectivity index (χ1v) is 9.61. The van der Waals surface area contributed by atoms with Crippen molar-refractivity contribution in [2.24, 2.45) is 0 Å². The molecule has 8 nitrogen and oxygen atoms in total. The summed E-state index contributed by atoms with van der Waals surface area (Å²) in [4.78, 5) is 41.6. The maximum absolute atomic E-state index is 12.6. The molecule has 1 N–H and O–H groups in total. The van der Waals surface area contributed by atoms with E-state index in [1.165, 1.54) is 12.2 Å². The van der Waals surface area contributed by atoms with E-state index in [0.29, 0.717) is 11.1 Å². The van der Waals surface area contributed by atoms with Crippen molar-refractivity contribution in [3.63, 3.8) is 0 Å². The number of nitriles is 1. The Morgan fingerprint density at radius 2 is 1.77 bits per heavy atom. The van der Waals surface area contributed by atoms with Crippen LogP contribution in [0.4, 0.5) is 5.69 Å². The Hall–Kier alpha value is -4.17. The highest BCUT2D eigenvalue weighted by molar-refractivity contribution is 6.18. The Morgan fingerprint density at radius 1 is 1.10 bits per heavy atom. The second-order valence-electron chi connectivity index (χ2n) is 6.66. The van der Waals surface area contributed by atoms with Crippen LogP contribution < -0.4 is 5.56 Å². The van der Waals surface area contributed by atoms with Gasteiger partial charge in [0.15, 0.2) is 5.88 Å². The number of likely N-dealkylation sites (N-methyl/N-ethyl adjacent to an activating group) is 1. The van der Waals surface area contributed by atoms with Gasteiger partial charge >= 0.3 is 0 Å². The van der Waals surface area contributed by atoms with Crippen LogP contribution in [0, 0.1) is 24.8 Å². The van der Waals surface area contributed by atoms with E-state index >= 15 is 0 Å². The van der Waals surface area contributed by atoms with Gasteiger partial charge in [0.05, 0.1) is 6.57 Å². The molecular weight excluding hydrogens is 396 g/mol. The Labute approximate surface area is 180 Å². The molecule has 0 radical (unpaired) electrons. The zero-order chi connectivity index (χ0) is 23.3. The molecule has 0 saturated carbocycles. The summed E-state index contributed by atoms with van der Waals surface area (Å²) in [6, 6.07) is 1.86. The minimum absolute atomic E-state index is 0.0223. The number of carbonyl (C=O) groups is 2. The predicted molar refractivity (Wildman–Crippen MR) is 116 cm³/mol. The van der Waals surface area contributed by atoms with E-state index in [-0.39, 0.29) is 41.4 Å². The summed E-state index contributed by atoms with van der Waals surface area (Å²) in [5.74, 6) is -1.42. The fraction of sp³-hybridized carbons (Fsp3) is 0.261. The molecule has 158 valence electrons. The minimum Gasteiger partial charge on any atom is -0.503 e. The van der Waals surface area contributed by atoms with Crippen LogP contribution in [0.3, 0.4) is 0 Å². The van der Waals surface area contributed by atoms with Crippen LogP contribution in [-0.4, -0.2) is 32.9 Å². The molecule has 1 aromatic rings. The predicted octanol–water partition coefficient (Wildman–Crippen LogP) is 3.16. The number of imide groups is 1. The van der Waals surface area contributed by atoms with Gasteiger partial charge in [0.2, 0.25) is 5.69 Å². The number of rotatable bonds is 5. The van der Waals surface area contributed by atoms with Crippen LogP contribution in [0.15, 0.2) is 45.8 Å². The average molecular weight is 418 g/mol. The Morgan fingerprint density at radius 3 is 2.32 bits per heavy atom. The second kappa shape index (κ2) is 9.55. The van der Waals surface area contributed by atoms with E-state index in [9.17, 15) is 24.8 Å². The fourth-order valence-corrected chi connectivity index (χ4v) is 3.26. The molecule has 1 aromatic heterocycles. The maximum atomic E-state index is 12.6. The van der Waals surface area contributed by atoms with E-state index in [1.807, 2.05) is 6.07 Å². The molecule has 1 aliphatic heterocycles. The summed E-state index contributed by atoms with van der Waals surface area (Å²) < 4.78 is 1.13. The highest BCUT2D eigenvalue weighted by atomic mass is 16.3. The minimum atomic E-state index is -0.598. The smallest absolute Gasteiger partial charge is 0.271 e. The summed E-state index contributed by atoms with van der Waals surface area (Å²) in [7, 11) is 0. The number of aromatic nitrogens is 1. The number of carbonyl (C=O) groups excluding carboxylic acids is 2. The monoisotopic (exact) mass is 418 g/mol. The largest absolute Gasteiger partial charge is 0.503 e. The Kier molecular flexibility index (Phi) is 7.12. The van der Waals surface area contributed by atoms with Crippen molar-refractivity contribution in [3.05, 3.63) is 73.9 Å². The van der Waals surface area contributed by atoms with E-state index in [1.54, 1.807) is 45.9 Å². The average Bonchev–Trinajstić information content (AvgIpc) is 2.73. The van der Waals surface area contributed by atoms with Crippen molar-refractivity contribution in [3.8, 4) is 11.9 Å². The number of amides is 2. The van der Waals surface area contributed by atoms with Gasteiger partial charge in [0.1, 0.15) is 11.6 Å². The van der Waals surface area contributed by atoms with Crippen molar-refractivity contribution < 1.29 is 14.7 Å². The normalized spacial score (nSPS) is 15.9. The first kappa shape index (κ1) is 23.1. The van der Waals surface area contributed by atoms with Crippen molar-refractivity contribution in [1.82, 2.24) is 9.47 Å². The van der Waals surface area contributed by atoms with Gasteiger partial charge in [0, 0.05) is 24.2 Å². The molecule has 0 aliphatic carbocycles. The maximum Gasteiger partial charge on any atom is 0.271 e. The van der Waals surface area contributed by atoms with E-state index in [4.69, 9.17) is 6.57 Å². The Balaban J connectivity index is 2.43. The van der Waals surface area contributed by atoms with Gasteiger partial charge in [-0.25, -0.2) is 4.85 Å². The number of hydrogen-bond acceptors (Lipinski definition) is 5. The third kappa shape index (κ3) is 4.10. The lowest BCUT2D eigenvalue weighted by molar-refractivity contribution is -0.140. The number of aromatic hydroxyl groups is 1. The van der Waals surface area contributed by atoms with Gasteiger partial charge in [-0.05, 0) is 44.9 Å². The quantitative estimate of drug-likeness (QED) is 0.342. The van der Waals surface area contributed by atoms with Crippen LogP contribution >= 0.6 is 0 Å². The van der Waals surface area contributed by atoms with E-state index in [0.717, 1.165) is 9.47 Å². The molecule has 2 rings (SSSR count). The number of nitrogens with zero attached hydrogens (tertiary/aromatic N) is 4. The number of hydrogen-bond donors (Lipinski definition) is 1. The lowest BCUT2D eigenvalue weighted by atomic mass is 9.95. The standard InChI is InChI=1S/C23H22N4O4/c1-6-26-20(28)16(14(3)18(13-24)22(26)30)11-9-8-10-12-17-15(4)19(25-5)23(31)27(7-2)21(17)29/h8-12,31H,6-7H2,1-4H3. The molecule has 2 heterocycles. The molecule has 31 heavy (non-hydrogen) atoms. The lowest BCUT2D eigenvalue weighted by Crippen LogP contribution is -2.42. The lowest BCUT2D eigenvalue weighted by Gasteiger charge is -2.25. The zero-order valence-corrected chi connectivity index (χ0v) is 17.8. The second-order valence-corrected chi connectivity index (χ2v) is 6.66. The summed E-state index contributed by atoms with van der Waals surface area (Å²) in [6.45, 7) is 14.1. The molecule has 2 amide bonds. The van der Waals surface area contributed by atoms with Gasteiger partial charge in [-0.15, -0.1) is 0 Å². The van der Waals surface area contributed by atoms with Gasteiger partial charge < -0.3 is 5.11 Å². The van der Waals surface area contributed by atoms with Crippen LogP contribution in [0.25, 0.3) is 10.9 Å². The summed E-state index contributed by atoms with van der Waals surface area (Å²) in [5, 5.41) is 19.3. The van der Waals surface area contributed by atoms with Gasteiger partial charge in [-0.1, -0.05) is 24.3 Å². The molecule has 0 spiro atoms. The topological polar surface area (TPSA) is 108 Å². The molecule has 1 aliphatic rings. The van der Waals surface area contributed by atoms with Crippen LogP contribution in [0.1, 0.15) is 31.9 Å². The first-order chi connectivity index (χ1) is 14.7. The van der Waals surface area contributed by atoms with E-state index in [2.05, 4.69) is 4.85 Å². The van der Waals surface area contributed by atoms with Crippen LogP contribution in [0.5, 0.6) is 5.88 Å². The molecular formula is C23H22N4O4. The van der Waals surface area contributed by atoms with Crippen LogP contribution in [-0.2, 0) is 16.1 Å². The van der Waals surface area contributed by atoms with Crippen LogP contribution in [0.2, 0.25) is 0 Å². The van der Waals surface area contributed by atoms with Gasteiger partial charge in [0.25, 0.3) is 17.4 Å². The van der Waals surface area contributed by atoms with Gasteiger partial charge in [-0.3, -0.25) is 23.9 Å². The third-order valence-corrected chi connectivity index (χ3v) is 5.02. The zero-order valence-electron chi connectivity index (χ0n) is 17.8. The van der Waals surface area contributed by atoms with Gasteiger partial charge in [-0.2, -0.15) is 5.26 Å². The summed E-state index contributed by atoms with van der Waals surface area (Å²) >= 11 is 0. The molecule has 0 aromatic carbocycles. The Bertz CT molecular complexity index is 1210. The first-order valence-electron chi connectivity index (χ1n) is 9.61. The van der Waals surface area contributed by atoms with Crippen molar-refractivity contribution >= 4 is 23.6 Å². The van der Waals surface area contributed by atoms with Crippen molar-refractivity contribution in [2.75, 3.05) is 6.54 Å². The number of pyridine rings is 1. The highest BCUT2D eigenvalue weighted by Crippen LogP contribution is 2.31. The molecule has 0 atom stereocenters.